The third-order valence-corrected chi connectivity index (χ3v) is 5.40. The fourth-order valence-corrected chi connectivity index (χ4v) is 3.95. The van der Waals surface area contributed by atoms with Gasteiger partial charge in [-0.05, 0) is 61.9 Å². The minimum Gasteiger partial charge on any atom is -0.507 e. The molecule has 0 aliphatic carbocycles. The van der Waals surface area contributed by atoms with Gasteiger partial charge in [-0.3, -0.25) is 14.5 Å². The van der Waals surface area contributed by atoms with E-state index >= 15 is 0 Å². The zero-order valence-corrected chi connectivity index (χ0v) is 16.9. The molecule has 156 valence electrons. The lowest BCUT2D eigenvalue weighted by Crippen LogP contribution is -2.29. The summed E-state index contributed by atoms with van der Waals surface area (Å²) in [6.07, 6.45) is 0. The monoisotopic (exact) mass is 417 g/mol. The van der Waals surface area contributed by atoms with Gasteiger partial charge in [-0.1, -0.05) is 12.1 Å². The predicted octanol–water partition coefficient (Wildman–Crippen LogP) is 4.25. The van der Waals surface area contributed by atoms with Crippen molar-refractivity contribution in [1.29, 1.82) is 0 Å². The minimum atomic E-state index is -0.902. The van der Waals surface area contributed by atoms with Crippen molar-refractivity contribution in [2.24, 2.45) is 0 Å². The van der Waals surface area contributed by atoms with Crippen LogP contribution in [0.1, 0.15) is 28.7 Å². The Kier molecular flexibility index (Phi) is 4.32. The molecule has 7 nitrogen and oxygen atoms in total. The summed E-state index contributed by atoms with van der Waals surface area (Å²) in [4.78, 5) is 27.6. The van der Waals surface area contributed by atoms with E-state index in [1.165, 1.54) is 4.90 Å². The SMILES string of the molecule is Cc1cccc(N2C(=O)C(=O)/C(=C(\O)c3ccc4c(c3)OCO4)C2c2ccc(C)o2)c1. The van der Waals surface area contributed by atoms with Crippen molar-refractivity contribution in [1.82, 2.24) is 0 Å². The van der Waals surface area contributed by atoms with Crippen LogP contribution in [0.4, 0.5) is 5.69 Å². The van der Waals surface area contributed by atoms with Crippen LogP contribution < -0.4 is 14.4 Å². The number of fused-ring (bicyclic) bond motifs is 1. The first-order valence-corrected chi connectivity index (χ1v) is 9.78. The Labute approximate surface area is 178 Å². The first-order valence-electron chi connectivity index (χ1n) is 9.78. The van der Waals surface area contributed by atoms with Crippen molar-refractivity contribution in [3.05, 3.63) is 82.8 Å². The molecule has 1 atom stereocenters. The number of nitrogens with zero attached hydrogens (tertiary/aromatic N) is 1. The number of hydrogen-bond donors (Lipinski definition) is 1. The molecular formula is C24H19NO6. The Hall–Kier alpha value is -4.00. The number of Topliss-reactive ketones (excluding diaryl/α,β-unsaturated/α-hetero) is 1. The summed E-state index contributed by atoms with van der Waals surface area (Å²) in [5, 5.41) is 11.1. The molecule has 2 aromatic carbocycles. The number of aliphatic hydroxyl groups excluding tert-OH is 1. The lowest BCUT2D eigenvalue weighted by Gasteiger charge is -2.23. The van der Waals surface area contributed by atoms with Crippen LogP contribution in [0.5, 0.6) is 11.5 Å². The highest BCUT2D eigenvalue weighted by molar-refractivity contribution is 6.51. The maximum absolute atomic E-state index is 13.1. The van der Waals surface area contributed by atoms with E-state index in [2.05, 4.69) is 0 Å². The standard InChI is InChI=1S/C24H19NO6/c1-13-4-3-5-16(10-13)25-21(18-8-6-14(2)31-18)20(23(27)24(25)28)22(26)15-7-9-17-19(11-15)30-12-29-17/h3-11,21,26H,12H2,1-2H3/b22-20-. The van der Waals surface area contributed by atoms with Gasteiger partial charge in [-0.15, -0.1) is 0 Å². The van der Waals surface area contributed by atoms with Crippen LogP contribution in [-0.4, -0.2) is 23.6 Å². The summed E-state index contributed by atoms with van der Waals surface area (Å²) in [5.74, 6) is 0.222. The molecule has 5 rings (SSSR count). The van der Waals surface area contributed by atoms with Crippen molar-refractivity contribution < 1.29 is 28.6 Å². The molecule has 3 heterocycles. The molecule has 0 saturated carbocycles. The van der Waals surface area contributed by atoms with Gasteiger partial charge in [0, 0.05) is 11.3 Å². The molecule has 1 N–H and O–H groups in total. The maximum atomic E-state index is 13.1. The number of ketones is 1. The lowest BCUT2D eigenvalue weighted by atomic mass is 9.99. The molecule has 1 fully saturated rings. The van der Waals surface area contributed by atoms with Crippen LogP contribution in [0, 0.1) is 13.8 Å². The van der Waals surface area contributed by atoms with E-state index in [1.54, 1.807) is 43.3 Å². The Morgan fingerprint density at radius 1 is 1.00 bits per heavy atom. The summed E-state index contributed by atoms with van der Waals surface area (Å²) in [7, 11) is 0. The van der Waals surface area contributed by atoms with Gasteiger partial charge in [-0.2, -0.15) is 0 Å². The zero-order chi connectivity index (χ0) is 21.7. The number of aryl methyl sites for hydroxylation is 2. The van der Waals surface area contributed by atoms with Gasteiger partial charge in [0.2, 0.25) is 6.79 Å². The Morgan fingerprint density at radius 2 is 1.81 bits per heavy atom. The smallest absolute Gasteiger partial charge is 0.300 e. The third kappa shape index (κ3) is 3.06. The van der Waals surface area contributed by atoms with E-state index in [4.69, 9.17) is 13.9 Å². The van der Waals surface area contributed by atoms with Crippen LogP contribution in [0.25, 0.3) is 5.76 Å². The second-order valence-corrected chi connectivity index (χ2v) is 7.52. The number of furan rings is 1. The van der Waals surface area contributed by atoms with E-state index < -0.39 is 17.7 Å². The summed E-state index contributed by atoms with van der Waals surface area (Å²) in [5.41, 5.74) is 1.79. The zero-order valence-electron chi connectivity index (χ0n) is 16.9. The summed E-state index contributed by atoms with van der Waals surface area (Å²) in [6, 6.07) is 14.7. The molecule has 1 saturated heterocycles. The van der Waals surface area contributed by atoms with Gasteiger partial charge in [0.25, 0.3) is 11.7 Å². The molecular weight excluding hydrogens is 398 g/mol. The van der Waals surface area contributed by atoms with Crippen LogP contribution in [0.2, 0.25) is 0 Å². The number of carbonyl (C=O) groups is 2. The fraction of sp³-hybridized carbons (Fsp3) is 0.167. The minimum absolute atomic E-state index is 0.0419. The number of rotatable bonds is 3. The number of amides is 1. The number of anilines is 1. The van der Waals surface area contributed by atoms with Crippen LogP contribution >= 0.6 is 0 Å². The second-order valence-electron chi connectivity index (χ2n) is 7.52. The molecule has 1 amide bonds. The van der Waals surface area contributed by atoms with Crippen LogP contribution in [-0.2, 0) is 9.59 Å². The number of carbonyl (C=O) groups excluding carboxylic acids is 2. The predicted molar refractivity (Wildman–Crippen MR) is 112 cm³/mol. The van der Waals surface area contributed by atoms with E-state index in [0.717, 1.165) is 5.56 Å². The van der Waals surface area contributed by atoms with Gasteiger partial charge in [0.1, 0.15) is 23.3 Å². The third-order valence-electron chi connectivity index (χ3n) is 5.40. The average Bonchev–Trinajstić information content (AvgIpc) is 3.45. The number of benzene rings is 2. The van der Waals surface area contributed by atoms with Crippen LogP contribution in [0.3, 0.4) is 0 Å². The van der Waals surface area contributed by atoms with E-state index in [0.29, 0.717) is 34.3 Å². The second kappa shape index (κ2) is 7.05. The molecule has 0 bridgehead atoms. The Morgan fingerprint density at radius 3 is 2.55 bits per heavy atom. The molecule has 0 spiro atoms. The molecule has 3 aromatic rings. The Balaban J connectivity index is 1.70. The van der Waals surface area contributed by atoms with Gasteiger partial charge in [0.05, 0.1) is 5.57 Å². The van der Waals surface area contributed by atoms with Crippen molar-refractivity contribution in [3.63, 3.8) is 0 Å². The quantitative estimate of drug-likeness (QED) is 0.389. The highest BCUT2D eigenvalue weighted by Gasteiger charge is 2.48. The van der Waals surface area contributed by atoms with Gasteiger partial charge in [0.15, 0.2) is 11.5 Å². The van der Waals surface area contributed by atoms with Gasteiger partial charge >= 0.3 is 0 Å². The number of aliphatic hydroxyl groups is 1. The highest BCUT2D eigenvalue weighted by Crippen LogP contribution is 2.43. The normalized spacial score (nSPS) is 19.3. The maximum Gasteiger partial charge on any atom is 0.300 e. The molecule has 1 aromatic heterocycles. The fourth-order valence-electron chi connectivity index (χ4n) is 3.95. The van der Waals surface area contributed by atoms with E-state index in [1.807, 2.05) is 25.1 Å². The molecule has 2 aliphatic heterocycles. The van der Waals surface area contributed by atoms with Crippen molar-refractivity contribution in [2.45, 2.75) is 19.9 Å². The largest absolute Gasteiger partial charge is 0.507 e. The lowest BCUT2D eigenvalue weighted by molar-refractivity contribution is -0.132. The first-order chi connectivity index (χ1) is 14.9. The highest BCUT2D eigenvalue weighted by atomic mass is 16.7. The number of ether oxygens (including phenoxy) is 2. The summed E-state index contributed by atoms with van der Waals surface area (Å²) in [6.45, 7) is 3.77. The summed E-state index contributed by atoms with van der Waals surface area (Å²) >= 11 is 0. The average molecular weight is 417 g/mol. The number of hydrogen-bond acceptors (Lipinski definition) is 6. The first kappa shape index (κ1) is 19.0. The summed E-state index contributed by atoms with van der Waals surface area (Å²) < 4.78 is 16.5. The van der Waals surface area contributed by atoms with E-state index in [9.17, 15) is 14.7 Å². The van der Waals surface area contributed by atoms with E-state index in [-0.39, 0.29) is 18.1 Å². The van der Waals surface area contributed by atoms with Crippen molar-refractivity contribution >= 4 is 23.1 Å². The van der Waals surface area contributed by atoms with Crippen LogP contribution in [0.15, 0.2) is 64.6 Å². The van der Waals surface area contributed by atoms with Gasteiger partial charge in [-0.25, -0.2) is 0 Å². The molecule has 7 heteroatoms. The topological polar surface area (TPSA) is 89.2 Å². The molecule has 31 heavy (non-hydrogen) atoms. The molecule has 0 radical (unpaired) electrons. The Bertz CT molecular complexity index is 1250. The van der Waals surface area contributed by atoms with Crippen molar-refractivity contribution in [3.8, 4) is 11.5 Å². The molecule has 2 aliphatic rings. The van der Waals surface area contributed by atoms with Gasteiger partial charge < -0.3 is 19.0 Å². The molecule has 1 unspecified atom stereocenters. The van der Waals surface area contributed by atoms with Crippen molar-refractivity contribution in [2.75, 3.05) is 11.7 Å².